The highest BCUT2D eigenvalue weighted by Crippen LogP contribution is 2.32. The fourth-order valence-corrected chi connectivity index (χ4v) is 3.33. The summed E-state index contributed by atoms with van der Waals surface area (Å²) in [5.74, 6) is 5.26. The van der Waals surface area contributed by atoms with Crippen molar-refractivity contribution < 1.29 is 8.42 Å². The summed E-state index contributed by atoms with van der Waals surface area (Å²) in [7, 11) is -3.92. The minimum absolute atomic E-state index is 0.0168. The maximum Gasteiger partial charge on any atom is 0.265 e. The normalized spacial score (nSPS) is 11.2. The maximum absolute atomic E-state index is 12.3. The van der Waals surface area contributed by atoms with Gasteiger partial charge in [0.25, 0.3) is 10.0 Å². The molecule has 2 rings (SSSR count). The van der Waals surface area contributed by atoms with Gasteiger partial charge in [-0.3, -0.25) is 4.72 Å². The van der Waals surface area contributed by atoms with Crippen molar-refractivity contribution in [3.63, 3.8) is 0 Å². The van der Waals surface area contributed by atoms with Gasteiger partial charge >= 0.3 is 0 Å². The van der Waals surface area contributed by atoms with Crippen LogP contribution in [0.25, 0.3) is 0 Å². The molecule has 0 bridgehead atoms. The van der Waals surface area contributed by atoms with Crippen LogP contribution in [-0.2, 0) is 10.0 Å². The number of benzene rings is 1. The summed E-state index contributed by atoms with van der Waals surface area (Å²) < 4.78 is 27.0. The van der Waals surface area contributed by atoms with Crippen molar-refractivity contribution in [2.75, 3.05) is 10.1 Å². The van der Waals surface area contributed by atoms with Gasteiger partial charge in [-0.25, -0.2) is 19.2 Å². The number of para-hydroxylation sites is 1. The van der Waals surface area contributed by atoms with E-state index in [1.54, 1.807) is 6.07 Å². The molecule has 0 amide bonds. The van der Waals surface area contributed by atoms with Crippen molar-refractivity contribution in [1.29, 1.82) is 0 Å². The number of nitrogens with two attached hydrogens (primary N) is 1. The number of hydrogen-bond acceptors (Lipinski definition) is 5. The second-order valence-electron chi connectivity index (χ2n) is 3.70. The highest BCUT2D eigenvalue weighted by molar-refractivity contribution is 7.93. The first kappa shape index (κ1) is 14.9. The molecule has 1 heterocycles. The van der Waals surface area contributed by atoms with Crippen LogP contribution in [0.3, 0.4) is 0 Å². The summed E-state index contributed by atoms with van der Waals surface area (Å²) in [5.41, 5.74) is 2.32. The molecular weight excluding hydrogens is 323 g/mol. The molecule has 0 fully saturated rings. The molecular formula is C11H10Cl2N4O2S. The molecule has 2 aromatic rings. The highest BCUT2D eigenvalue weighted by Gasteiger charge is 2.21. The molecule has 9 heteroatoms. The van der Waals surface area contributed by atoms with Gasteiger partial charge in [-0.05, 0) is 24.3 Å². The third-order valence-electron chi connectivity index (χ3n) is 2.40. The molecule has 0 aliphatic carbocycles. The fraction of sp³-hybridized carbons (Fsp3) is 0. The molecule has 106 valence electrons. The zero-order valence-electron chi connectivity index (χ0n) is 9.97. The summed E-state index contributed by atoms with van der Waals surface area (Å²) in [6, 6.07) is 7.49. The van der Waals surface area contributed by atoms with Gasteiger partial charge in [0.2, 0.25) is 0 Å². The van der Waals surface area contributed by atoms with E-state index in [2.05, 4.69) is 15.1 Å². The van der Waals surface area contributed by atoms with E-state index in [1.165, 1.54) is 30.5 Å². The molecule has 6 nitrogen and oxygen atoms in total. The van der Waals surface area contributed by atoms with Crippen molar-refractivity contribution >= 4 is 44.7 Å². The van der Waals surface area contributed by atoms with Crippen LogP contribution < -0.4 is 16.0 Å². The molecule has 1 aromatic heterocycles. The van der Waals surface area contributed by atoms with E-state index in [4.69, 9.17) is 29.0 Å². The van der Waals surface area contributed by atoms with Crippen LogP contribution in [0.5, 0.6) is 0 Å². The van der Waals surface area contributed by atoms with E-state index >= 15 is 0 Å². The van der Waals surface area contributed by atoms with E-state index in [9.17, 15) is 8.42 Å². The molecule has 0 aliphatic heterocycles. The third kappa shape index (κ3) is 2.96. The van der Waals surface area contributed by atoms with E-state index in [1.807, 2.05) is 0 Å². The largest absolute Gasteiger partial charge is 0.307 e. The van der Waals surface area contributed by atoms with Gasteiger partial charge in [0.05, 0.1) is 15.7 Å². The number of anilines is 2. The molecule has 1 aromatic carbocycles. The standard InChI is InChI=1S/C11H10Cl2N4O2S/c12-7-3-1-4-8(13)10(7)17-20(18,19)9-5-2-6-15-11(9)16-14/h1-6,17H,14H2,(H,15,16). The van der Waals surface area contributed by atoms with Crippen LogP contribution in [0.1, 0.15) is 0 Å². The highest BCUT2D eigenvalue weighted by atomic mass is 35.5. The Morgan fingerprint density at radius 1 is 1.10 bits per heavy atom. The topological polar surface area (TPSA) is 97.1 Å². The van der Waals surface area contributed by atoms with E-state index in [0.717, 1.165) is 0 Å². The number of nitrogen functional groups attached to an aromatic ring is 1. The number of nitrogens with one attached hydrogen (secondary N) is 2. The molecule has 0 aliphatic rings. The molecule has 0 radical (unpaired) electrons. The number of hydrogen-bond donors (Lipinski definition) is 3. The van der Waals surface area contributed by atoms with Crippen LogP contribution in [0.2, 0.25) is 10.0 Å². The SMILES string of the molecule is NNc1ncccc1S(=O)(=O)Nc1c(Cl)cccc1Cl. The summed E-state index contributed by atoms with van der Waals surface area (Å²) in [6.07, 6.45) is 1.41. The number of halogens is 2. The average molecular weight is 333 g/mol. The number of pyridine rings is 1. The first-order valence-electron chi connectivity index (χ1n) is 5.34. The Labute approximate surface area is 125 Å². The first-order chi connectivity index (χ1) is 9.45. The Hall–Kier alpha value is -1.54. The van der Waals surface area contributed by atoms with Crippen molar-refractivity contribution in [1.82, 2.24) is 4.98 Å². The van der Waals surface area contributed by atoms with Gasteiger partial charge in [-0.2, -0.15) is 0 Å². The van der Waals surface area contributed by atoms with Gasteiger partial charge < -0.3 is 5.43 Å². The lowest BCUT2D eigenvalue weighted by molar-refractivity contribution is 0.601. The molecule has 0 atom stereocenters. The number of rotatable bonds is 4. The summed E-state index contributed by atoms with van der Waals surface area (Å²) in [5, 5.41) is 0.374. The van der Waals surface area contributed by atoms with Gasteiger partial charge in [0.1, 0.15) is 4.90 Å². The van der Waals surface area contributed by atoms with E-state index in [0.29, 0.717) is 0 Å². The van der Waals surface area contributed by atoms with Crippen LogP contribution in [0.4, 0.5) is 11.5 Å². The van der Waals surface area contributed by atoms with Gasteiger partial charge in [-0.1, -0.05) is 29.3 Å². The van der Waals surface area contributed by atoms with Crippen LogP contribution in [0.15, 0.2) is 41.4 Å². The first-order valence-corrected chi connectivity index (χ1v) is 7.58. The molecule has 0 saturated heterocycles. The second kappa shape index (κ2) is 5.84. The zero-order valence-corrected chi connectivity index (χ0v) is 12.3. The van der Waals surface area contributed by atoms with Crippen LogP contribution in [0, 0.1) is 0 Å². The Kier molecular flexibility index (Phi) is 4.34. The Morgan fingerprint density at radius 3 is 2.35 bits per heavy atom. The summed E-state index contributed by atoms with van der Waals surface area (Å²) in [4.78, 5) is 3.72. The summed E-state index contributed by atoms with van der Waals surface area (Å²) >= 11 is 11.9. The predicted octanol–water partition coefficient (Wildman–Crippen LogP) is 2.47. The van der Waals surface area contributed by atoms with Crippen molar-refractivity contribution in [2.45, 2.75) is 4.90 Å². The van der Waals surface area contributed by atoms with E-state index < -0.39 is 10.0 Å². The zero-order chi connectivity index (χ0) is 14.8. The number of aromatic nitrogens is 1. The van der Waals surface area contributed by atoms with Crippen molar-refractivity contribution in [2.24, 2.45) is 5.84 Å². The van der Waals surface area contributed by atoms with Gasteiger partial charge in [-0.15, -0.1) is 0 Å². The second-order valence-corrected chi connectivity index (χ2v) is 6.16. The number of nitrogens with zero attached hydrogens (tertiary/aromatic N) is 1. The predicted molar refractivity (Wildman–Crippen MR) is 79.3 cm³/mol. The fourth-order valence-electron chi connectivity index (χ4n) is 1.50. The lowest BCUT2D eigenvalue weighted by Gasteiger charge is -2.13. The lowest BCUT2D eigenvalue weighted by Crippen LogP contribution is -2.18. The van der Waals surface area contributed by atoms with Gasteiger partial charge in [0.15, 0.2) is 5.82 Å². The molecule has 0 saturated carbocycles. The Bertz CT molecular complexity index is 717. The number of sulfonamides is 1. The van der Waals surface area contributed by atoms with Crippen LogP contribution in [-0.4, -0.2) is 13.4 Å². The average Bonchev–Trinajstić information content (AvgIpc) is 2.43. The molecule has 0 spiro atoms. The third-order valence-corrected chi connectivity index (χ3v) is 4.41. The summed E-state index contributed by atoms with van der Waals surface area (Å²) in [6.45, 7) is 0. The maximum atomic E-state index is 12.3. The quantitative estimate of drug-likeness (QED) is 0.590. The lowest BCUT2D eigenvalue weighted by atomic mass is 10.3. The van der Waals surface area contributed by atoms with Crippen molar-refractivity contribution in [3.8, 4) is 0 Å². The molecule has 20 heavy (non-hydrogen) atoms. The monoisotopic (exact) mass is 332 g/mol. The molecule has 0 unspecified atom stereocenters. The smallest absolute Gasteiger partial charge is 0.265 e. The number of hydrazine groups is 1. The minimum Gasteiger partial charge on any atom is -0.307 e. The van der Waals surface area contributed by atoms with Crippen LogP contribution >= 0.6 is 23.2 Å². The molecule has 4 N–H and O–H groups in total. The van der Waals surface area contributed by atoms with Crippen molar-refractivity contribution in [3.05, 3.63) is 46.6 Å². The Balaban J connectivity index is 2.47. The Morgan fingerprint density at radius 2 is 1.75 bits per heavy atom. The van der Waals surface area contributed by atoms with Gasteiger partial charge in [0, 0.05) is 6.20 Å². The van der Waals surface area contributed by atoms with E-state index in [-0.39, 0.29) is 26.4 Å². The minimum atomic E-state index is -3.92.